The Morgan fingerprint density at radius 1 is 0.495 bits per heavy atom. The van der Waals surface area contributed by atoms with Gasteiger partial charge in [0, 0.05) is 74.9 Å². The number of benzene rings is 9. The number of hydrogen-bond donors (Lipinski definition) is 4. The molecule has 17 nitrogen and oxygen atoms in total. The van der Waals surface area contributed by atoms with Crippen LogP contribution in [-0.4, -0.2) is 63.3 Å². The number of nitrogens with one attached hydrogen (secondary N) is 2. The van der Waals surface area contributed by atoms with E-state index in [0.717, 1.165) is 102 Å². The van der Waals surface area contributed by atoms with Crippen molar-refractivity contribution in [2.75, 3.05) is 24.7 Å². The summed E-state index contributed by atoms with van der Waals surface area (Å²) >= 11 is 5.65. The summed E-state index contributed by atoms with van der Waals surface area (Å²) in [5, 5.41) is 30.8. The normalized spacial score (nSPS) is 11.0. The maximum absolute atomic E-state index is 11.8. The van der Waals surface area contributed by atoms with Crippen molar-refractivity contribution in [1.82, 2.24) is 39.0 Å². The van der Waals surface area contributed by atoms with E-state index >= 15 is 0 Å². The van der Waals surface area contributed by atoms with Crippen LogP contribution in [0.15, 0.2) is 280 Å². The number of aromatic hydroxyl groups is 1. The molecule has 0 atom stereocenters. The monoisotopic (exact) mass is 1340 g/mol. The SMILES string of the molecule is C.CNc1nc(-c2cccnc2)nc2ccc(-c3cccc(O)c3)cc12.CNc1nc(-c2cccnc2)nc2ccc(-c3cccc(OCc4ccc5c(c4)oc(=O)n5C)c3)cc12.Cn1c(=O)oc2cc(CO)ccc21.S=P[P+](c1ccccc1)(c1ccccc1)c1ccccc1. The number of nitrogens with zero attached hydrogens (tertiary/aromatic N) is 8. The number of phenols is 1. The average molecular weight is 1340 g/mol. The molecule has 0 aliphatic carbocycles. The zero-order valence-electron chi connectivity index (χ0n) is 52.6. The molecule has 0 bridgehead atoms. The number of aromatic nitrogens is 8. The van der Waals surface area contributed by atoms with E-state index in [1.165, 1.54) is 25.0 Å². The molecular weight excluding hydrogens is 1270 g/mol. The second-order valence-corrected chi connectivity index (χ2v) is 28.7. The Labute approximate surface area is 566 Å². The molecule has 0 aliphatic heterocycles. The van der Waals surface area contributed by atoms with Gasteiger partial charge in [-0.15, -0.1) is 0 Å². The fourth-order valence-corrected chi connectivity index (χ4v) is 18.5. The van der Waals surface area contributed by atoms with Crippen LogP contribution in [0.5, 0.6) is 11.5 Å². The van der Waals surface area contributed by atoms with Gasteiger partial charge < -0.3 is 34.4 Å². The van der Waals surface area contributed by atoms with E-state index in [2.05, 4.69) is 128 Å². The Kier molecular flexibility index (Phi) is 21.3. The standard InChI is InChI=1S/C29H23N5O3.C20H16N4O.C18H15P2S.C9H9NO3.CH4/c1-30-28-23-15-20(9-10-24(23)32-27(33-28)21-6-4-12-31-16-21)19-5-3-7-22(14-19)36-17-18-8-11-25-26(13-18)37-29(35)34(25)2;1-21-20-17-11-14(13-4-2-6-16(25)10-13)7-8-18(17)23-19(24-20)15-5-3-9-22-12-15;21-19-20(16-10-4-1-5-11-16,17-12-6-2-7-13-17)18-14-8-3-9-15-18;1-10-7-3-2-6(5-11)4-8(7)13-9(10)12;/h3-16H,17H2,1-2H3,(H,30,32,33);2-12,25H,1H3,(H,21,23,24);1-15H;2-4,11H,5H2,1H3;1H4/q;;+1;;. The molecule has 97 heavy (non-hydrogen) atoms. The van der Waals surface area contributed by atoms with E-state index in [1.807, 2.05) is 123 Å². The van der Waals surface area contributed by atoms with Crippen molar-refractivity contribution in [2.45, 2.75) is 20.6 Å². The average Bonchev–Trinajstić information content (AvgIpc) is 1.48. The molecule has 0 radical (unpaired) electrons. The van der Waals surface area contributed by atoms with Crippen molar-refractivity contribution in [1.29, 1.82) is 0 Å². The van der Waals surface area contributed by atoms with E-state index in [1.54, 1.807) is 69.2 Å². The van der Waals surface area contributed by atoms with Crippen molar-refractivity contribution in [2.24, 2.45) is 14.1 Å². The summed E-state index contributed by atoms with van der Waals surface area (Å²) in [7, 11) is 8.04. The van der Waals surface area contributed by atoms with E-state index < -0.39 is 6.95 Å². The third kappa shape index (κ3) is 14.9. The lowest BCUT2D eigenvalue weighted by molar-refractivity contribution is 0.282. The molecule has 9 aromatic carbocycles. The first-order valence-corrected chi connectivity index (χ1v) is 34.8. The molecule has 0 aliphatic rings. The Morgan fingerprint density at radius 3 is 1.38 bits per heavy atom. The minimum atomic E-state index is -1.75. The molecule has 6 aromatic heterocycles. The summed E-state index contributed by atoms with van der Waals surface area (Å²) in [5.41, 5.74) is 11.6. The summed E-state index contributed by atoms with van der Waals surface area (Å²) in [6.07, 6.45) is 6.97. The van der Waals surface area contributed by atoms with Crippen molar-refractivity contribution in [3.8, 4) is 56.5 Å². The third-order valence-corrected chi connectivity index (χ3v) is 24.3. The number of aliphatic hydroxyl groups excluding tert-OH is 1. The Balaban J connectivity index is 0.000000139. The van der Waals surface area contributed by atoms with Gasteiger partial charge in [0.15, 0.2) is 36.8 Å². The van der Waals surface area contributed by atoms with Gasteiger partial charge in [-0.25, -0.2) is 29.5 Å². The highest BCUT2D eigenvalue weighted by Crippen LogP contribution is 2.66. The lowest BCUT2D eigenvalue weighted by Crippen LogP contribution is -2.27. The number of aryl methyl sites for hydroxylation is 2. The molecule has 20 heteroatoms. The molecule has 0 saturated carbocycles. The summed E-state index contributed by atoms with van der Waals surface area (Å²) in [6, 6.07) is 77.8. The van der Waals surface area contributed by atoms with Crippen LogP contribution in [-0.2, 0) is 39.1 Å². The number of hydrogen-bond acceptors (Lipinski definition) is 16. The van der Waals surface area contributed by atoms with Crippen LogP contribution in [0, 0.1) is 0 Å². The van der Waals surface area contributed by atoms with Crippen LogP contribution in [0.4, 0.5) is 11.6 Å². The largest absolute Gasteiger partial charge is 0.508 e. The van der Waals surface area contributed by atoms with Gasteiger partial charge in [0.25, 0.3) is 0 Å². The van der Waals surface area contributed by atoms with Crippen molar-refractivity contribution >= 4 is 97.4 Å². The molecule has 15 rings (SSSR count). The van der Waals surface area contributed by atoms with Crippen molar-refractivity contribution < 1.29 is 23.8 Å². The summed E-state index contributed by atoms with van der Waals surface area (Å²) in [6.45, 7) is -1.44. The number of phenolic OH excluding ortho intramolecular Hbond substituents is 1. The lowest BCUT2D eigenvalue weighted by Gasteiger charge is -2.21. The van der Waals surface area contributed by atoms with Crippen LogP contribution >= 0.6 is 14.0 Å². The molecule has 0 spiro atoms. The maximum Gasteiger partial charge on any atom is 0.419 e. The molecule has 4 N–H and O–H groups in total. The number of aliphatic hydroxyl groups is 1. The molecule has 15 aromatic rings. The quantitative estimate of drug-likeness (QED) is 0.0744. The molecule has 0 saturated heterocycles. The number of pyridine rings is 2. The number of anilines is 2. The molecule has 0 fully saturated rings. The number of ether oxygens (including phenoxy) is 1. The molecule has 0 amide bonds. The second-order valence-electron chi connectivity index (χ2n) is 21.9. The van der Waals surface area contributed by atoms with E-state index in [0.29, 0.717) is 29.4 Å². The third-order valence-electron chi connectivity index (χ3n) is 15.9. The van der Waals surface area contributed by atoms with E-state index in [9.17, 15) is 14.7 Å². The van der Waals surface area contributed by atoms with Crippen LogP contribution in [0.1, 0.15) is 18.6 Å². The smallest absolute Gasteiger partial charge is 0.419 e. The summed E-state index contributed by atoms with van der Waals surface area (Å²) in [5.74, 6) is 2.99. The second kappa shape index (κ2) is 30.8. The minimum Gasteiger partial charge on any atom is -0.508 e. The number of rotatable bonds is 14. The predicted octanol–water partition coefficient (Wildman–Crippen LogP) is 15.1. The van der Waals surface area contributed by atoms with Gasteiger partial charge in [-0.1, -0.05) is 111 Å². The highest BCUT2D eigenvalue weighted by atomic mass is 32.6. The fourth-order valence-electron chi connectivity index (χ4n) is 10.9. The van der Waals surface area contributed by atoms with Crippen molar-refractivity contribution in [3.05, 3.63) is 294 Å². The first-order valence-electron chi connectivity index (χ1n) is 30.4. The molecule has 482 valence electrons. The van der Waals surface area contributed by atoms with Crippen LogP contribution in [0.3, 0.4) is 0 Å². The Morgan fingerprint density at radius 2 is 0.938 bits per heavy atom. The van der Waals surface area contributed by atoms with Crippen molar-refractivity contribution in [3.63, 3.8) is 0 Å². The van der Waals surface area contributed by atoms with Gasteiger partial charge >= 0.3 is 11.5 Å². The minimum absolute atomic E-state index is 0. The lowest BCUT2D eigenvalue weighted by atomic mass is 10.0. The van der Waals surface area contributed by atoms with Crippen LogP contribution < -0.4 is 42.8 Å². The van der Waals surface area contributed by atoms with E-state index in [-0.39, 0.29) is 31.3 Å². The maximum atomic E-state index is 11.8. The van der Waals surface area contributed by atoms with E-state index in [4.69, 9.17) is 40.5 Å². The molecular formula is C77H67N10O7P2S+. The van der Waals surface area contributed by atoms with Gasteiger partial charge in [-0.2, -0.15) is 0 Å². The Bertz CT molecular complexity index is 5240. The molecule has 0 unspecified atom stereocenters. The number of oxazole rings is 2. The first-order chi connectivity index (χ1) is 46.9. The van der Waals surface area contributed by atoms with Gasteiger partial charge in [-0.3, -0.25) is 19.1 Å². The highest BCUT2D eigenvalue weighted by Gasteiger charge is 2.45. The van der Waals surface area contributed by atoms with Gasteiger partial charge in [0.1, 0.15) is 45.7 Å². The van der Waals surface area contributed by atoms with Gasteiger partial charge in [0.05, 0.1) is 28.7 Å². The zero-order valence-corrected chi connectivity index (χ0v) is 55.2. The van der Waals surface area contributed by atoms with Gasteiger partial charge in [-0.05, 0) is 179 Å². The predicted molar refractivity (Wildman–Crippen MR) is 396 cm³/mol. The first kappa shape index (κ1) is 67.0. The zero-order chi connectivity index (χ0) is 66.5. The highest BCUT2D eigenvalue weighted by molar-refractivity contribution is 8.51. The van der Waals surface area contributed by atoms with Crippen LogP contribution in [0.2, 0.25) is 0 Å². The summed E-state index contributed by atoms with van der Waals surface area (Å²) < 4.78 is 19.2. The Hall–Kier alpha value is -11.4. The summed E-state index contributed by atoms with van der Waals surface area (Å²) in [4.78, 5) is 49.9. The topological polar surface area (TPSA) is 221 Å². The molecule has 6 heterocycles. The van der Waals surface area contributed by atoms with Gasteiger partial charge in [0.2, 0.25) is 0 Å². The fraction of sp³-hybridized carbons (Fsp3) is 0.0909. The number of fused-ring (bicyclic) bond motifs is 4. The van der Waals surface area contributed by atoms with Crippen LogP contribution in [0.25, 0.3) is 89.0 Å².